The summed E-state index contributed by atoms with van der Waals surface area (Å²) in [6.45, 7) is 6.96. The van der Waals surface area contributed by atoms with Gasteiger partial charge in [-0.05, 0) is 0 Å². The molecular formula is C15H24N4O4. The highest BCUT2D eigenvalue weighted by Crippen LogP contribution is 2.28. The SMILES string of the molecule is COC(=O)CCNC1CN(C)C(=O)N1c1cc(C(C)(C)C)on1. The molecule has 1 aliphatic rings. The van der Waals surface area contributed by atoms with Crippen molar-refractivity contribution in [2.24, 2.45) is 0 Å². The number of nitrogens with zero attached hydrogens (tertiary/aromatic N) is 3. The van der Waals surface area contributed by atoms with E-state index in [-0.39, 0.29) is 30.0 Å². The number of urea groups is 1. The van der Waals surface area contributed by atoms with Crippen molar-refractivity contribution in [1.29, 1.82) is 0 Å². The van der Waals surface area contributed by atoms with Gasteiger partial charge in [-0.25, -0.2) is 4.79 Å². The summed E-state index contributed by atoms with van der Waals surface area (Å²) in [5.41, 5.74) is -0.187. The van der Waals surface area contributed by atoms with Crippen LogP contribution in [0.3, 0.4) is 0 Å². The van der Waals surface area contributed by atoms with Crippen molar-refractivity contribution in [2.45, 2.75) is 38.8 Å². The third-order valence-corrected chi connectivity index (χ3v) is 3.71. The molecule has 1 aromatic rings. The van der Waals surface area contributed by atoms with Gasteiger partial charge >= 0.3 is 12.0 Å². The molecule has 1 aromatic heterocycles. The van der Waals surface area contributed by atoms with E-state index in [0.29, 0.717) is 24.7 Å². The predicted molar refractivity (Wildman–Crippen MR) is 84.1 cm³/mol. The van der Waals surface area contributed by atoms with Gasteiger partial charge in [-0.3, -0.25) is 15.0 Å². The van der Waals surface area contributed by atoms with Crippen LogP contribution in [-0.2, 0) is 14.9 Å². The first kappa shape index (κ1) is 17.3. The van der Waals surface area contributed by atoms with Gasteiger partial charge in [0.2, 0.25) is 0 Å². The lowest BCUT2D eigenvalue weighted by Gasteiger charge is -2.21. The number of carbonyl (C=O) groups excluding carboxylic acids is 2. The average Bonchev–Trinajstić information content (AvgIpc) is 3.05. The van der Waals surface area contributed by atoms with E-state index < -0.39 is 0 Å². The second-order valence-electron chi connectivity index (χ2n) is 6.63. The molecule has 8 heteroatoms. The van der Waals surface area contributed by atoms with Gasteiger partial charge in [-0.2, -0.15) is 0 Å². The first-order chi connectivity index (χ1) is 10.7. The molecule has 1 atom stereocenters. The van der Waals surface area contributed by atoms with Crippen LogP contribution in [0.15, 0.2) is 10.6 Å². The van der Waals surface area contributed by atoms with Crippen LogP contribution in [0.4, 0.5) is 10.6 Å². The van der Waals surface area contributed by atoms with E-state index in [1.165, 1.54) is 7.11 Å². The lowest BCUT2D eigenvalue weighted by Crippen LogP contribution is -2.45. The van der Waals surface area contributed by atoms with E-state index in [0.717, 1.165) is 0 Å². The molecule has 2 amide bonds. The molecule has 2 heterocycles. The van der Waals surface area contributed by atoms with Crippen LogP contribution in [0.25, 0.3) is 0 Å². The predicted octanol–water partition coefficient (Wildman–Crippen LogP) is 1.32. The number of esters is 1. The van der Waals surface area contributed by atoms with Gasteiger partial charge in [0.05, 0.1) is 20.1 Å². The molecule has 0 aromatic carbocycles. The van der Waals surface area contributed by atoms with E-state index in [2.05, 4.69) is 15.2 Å². The van der Waals surface area contributed by atoms with Crippen molar-refractivity contribution in [3.63, 3.8) is 0 Å². The van der Waals surface area contributed by atoms with E-state index in [1.807, 2.05) is 20.8 Å². The zero-order chi connectivity index (χ0) is 17.2. The maximum Gasteiger partial charge on any atom is 0.327 e. The summed E-state index contributed by atoms with van der Waals surface area (Å²) >= 11 is 0. The summed E-state index contributed by atoms with van der Waals surface area (Å²) in [5, 5.41) is 7.22. The molecule has 8 nitrogen and oxygen atoms in total. The van der Waals surface area contributed by atoms with Gasteiger partial charge in [0.15, 0.2) is 5.82 Å². The van der Waals surface area contributed by atoms with Gasteiger partial charge < -0.3 is 14.2 Å². The second-order valence-corrected chi connectivity index (χ2v) is 6.63. The van der Waals surface area contributed by atoms with Crippen LogP contribution < -0.4 is 10.2 Å². The number of ether oxygens (including phenoxy) is 1. The lowest BCUT2D eigenvalue weighted by atomic mass is 9.93. The first-order valence-corrected chi connectivity index (χ1v) is 7.55. The standard InChI is InChI=1S/C15H24N4O4/c1-15(2,3)10-8-11(17-23-10)19-12(9-18(4)14(19)21)16-7-6-13(20)22-5/h8,12,16H,6-7,9H2,1-5H3. The Bertz CT molecular complexity index is 578. The number of methoxy groups -OCH3 is 1. The average molecular weight is 324 g/mol. The second kappa shape index (κ2) is 6.57. The van der Waals surface area contributed by atoms with E-state index in [1.54, 1.807) is 22.9 Å². The minimum absolute atomic E-state index is 0.158. The Hall–Kier alpha value is -2.09. The van der Waals surface area contributed by atoms with Crippen LogP contribution >= 0.6 is 0 Å². The molecule has 1 unspecified atom stereocenters. The number of nitrogens with one attached hydrogen (secondary N) is 1. The highest BCUT2D eigenvalue weighted by Gasteiger charge is 2.38. The van der Waals surface area contributed by atoms with Crippen molar-refractivity contribution >= 4 is 17.8 Å². The van der Waals surface area contributed by atoms with Crippen molar-refractivity contribution in [3.05, 3.63) is 11.8 Å². The highest BCUT2D eigenvalue weighted by atomic mass is 16.5. The molecule has 0 radical (unpaired) electrons. The van der Waals surface area contributed by atoms with Crippen molar-refractivity contribution < 1.29 is 18.8 Å². The Balaban J connectivity index is 2.11. The van der Waals surface area contributed by atoms with Crippen molar-refractivity contribution in [3.8, 4) is 0 Å². The number of amides is 2. The number of hydrogen-bond acceptors (Lipinski definition) is 6. The monoisotopic (exact) mass is 324 g/mol. The number of rotatable bonds is 5. The summed E-state index contributed by atoms with van der Waals surface area (Å²) < 4.78 is 9.98. The van der Waals surface area contributed by atoms with E-state index >= 15 is 0 Å². The summed E-state index contributed by atoms with van der Waals surface area (Å²) in [5.74, 6) is 0.890. The van der Waals surface area contributed by atoms with Gasteiger partial charge in [0.1, 0.15) is 11.9 Å². The molecule has 1 N–H and O–H groups in total. The third kappa shape index (κ3) is 3.82. The molecule has 0 spiro atoms. The molecule has 0 saturated carbocycles. The van der Waals surface area contributed by atoms with Gasteiger partial charge in [-0.15, -0.1) is 0 Å². The molecule has 0 aliphatic carbocycles. The molecule has 23 heavy (non-hydrogen) atoms. The van der Waals surface area contributed by atoms with E-state index in [4.69, 9.17) is 4.52 Å². The van der Waals surface area contributed by atoms with Crippen LogP contribution in [0, 0.1) is 0 Å². The molecule has 0 bridgehead atoms. The zero-order valence-corrected chi connectivity index (χ0v) is 14.3. The summed E-state index contributed by atoms with van der Waals surface area (Å²) in [7, 11) is 3.08. The minimum atomic E-state index is -0.293. The Labute approximate surface area is 135 Å². The Kier molecular flexibility index (Phi) is 4.93. The summed E-state index contributed by atoms with van der Waals surface area (Å²) in [4.78, 5) is 26.7. The fourth-order valence-corrected chi connectivity index (χ4v) is 2.33. The van der Waals surface area contributed by atoms with Crippen molar-refractivity contribution in [2.75, 3.05) is 32.1 Å². The third-order valence-electron chi connectivity index (χ3n) is 3.71. The van der Waals surface area contributed by atoms with Crippen LogP contribution in [0.1, 0.15) is 33.0 Å². The zero-order valence-electron chi connectivity index (χ0n) is 14.3. The molecule has 1 saturated heterocycles. The number of hydrogen-bond donors (Lipinski definition) is 1. The van der Waals surface area contributed by atoms with Crippen LogP contribution in [0.2, 0.25) is 0 Å². The largest absolute Gasteiger partial charge is 0.469 e. The summed E-state index contributed by atoms with van der Waals surface area (Å²) in [6, 6.07) is 1.63. The van der Waals surface area contributed by atoms with Crippen molar-refractivity contribution in [1.82, 2.24) is 15.4 Å². The molecular weight excluding hydrogens is 300 g/mol. The fourth-order valence-electron chi connectivity index (χ4n) is 2.33. The molecule has 1 aliphatic heterocycles. The summed E-state index contributed by atoms with van der Waals surface area (Å²) in [6.07, 6.45) is -0.0276. The van der Waals surface area contributed by atoms with Crippen LogP contribution in [0.5, 0.6) is 0 Å². The first-order valence-electron chi connectivity index (χ1n) is 7.55. The highest BCUT2D eigenvalue weighted by molar-refractivity contribution is 5.93. The lowest BCUT2D eigenvalue weighted by molar-refractivity contribution is -0.140. The van der Waals surface area contributed by atoms with Gasteiger partial charge in [0, 0.05) is 25.1 Å². The Morgan fingerprint density at radius 2 is 2.22 bits per heavy atom. The molecule has 128 valence electrons. The van der Waals surface area contributed by atoms with Gasteiger partial charge in [0.25, 0.3) is 0 Å². The van der Waals surface area contributed by atoms with Crippen LogP contribution in [-0.4, -0.2) is 55.5 Å². The topological polar surface area (TPSA) is 87.9 Å². The maximum absolute atomic E-state index is 12.4. The fraction of sp³-hybridized carbons (Fsp3) is 0.667. The number of carbonyl (C=O) groups is 2. The maximum atomic E-state index is 12.4. The van der Waals surface area contributed by atoms with E-state index in [9.17, 15) is 9.59 Å². The minimum Gasteiger partial charge on any atom is -0.469 e. The number of likely N-dealkylation sites (N-methyl/N-ethyl adjacent to an activating group) is 1. The smallest absolute Gasteiger partial charge is 0.327 e. The number of anilines is 1. The quantitative estimate of drug-likeness (QED) is 0.822. The molecule has 1 fully saturated rings. The Morgan fingerprint density at radius 3 is 2.78 bits per heavy atom. The Morgan fingerprint density at radius 1 is 1.52 bits per heavy atom. The number of aromatic nitrogens is 1. The normalized spacial score (nSPS) is 18.7. The van der Waals surface area contributed by atoms with Gasteiger partial charge in [-0.1, -0.05) is 25.9 Å². The molecule has 2 rings (SSSR count).